The largest absolute Gasteiger partial charge is 0.478 e. The normalized spacial score (nSPS) is 15.0. The van der Waals surface area contributed by atoms with Gasteiger partial charge in [-0.15, -0.1) is 0 Å². The fourth-order valence-corrected chi connectivity index (χ4v) is 5.21. The van der Waals surface area contributed by atoms with Crippen LogP contribution in [0.1, 0.15) is 46.7 Å². The van der Waals surface area contributed by atoms with E-state index < -0.39 is 0 Å². The van der Waals surface area contributed by atoms with E-state index in [1.165, 1.54) is 0 Å². The van der Waals surface area contributed by atoms with Crippen molar-refractivity contribution in [1.82, 2.24) is 20.2 Å². The van der Waals surface area contributed by atoms with Gasteiger partial charge in [-0.05, 0) is 62.2 Å². The lowest BCUT2D eigenvalue weighted by molar-refractivity contribution is 0.0720. The fraction of sp³-hybridized carbons (Fsp3) is 0.419. The smallest absolute Gasteiger partial charge is 0.257 e. The van der Waals surface area contributed by atoms with Crippen molar-refractivity contribution in [2.45, 2.75) is 33.2 Å². The number of carbonyl (C=O) groups excluding carboxylic acids is 2. The van der Waals surface area contributed by atoms with Crippen LogP contribution < -0.4 is 25.6 Å². The van der Waals surface area contributed by atoms with Gasteiger partial charge in [-0.3, -0.25) is 9.59 Å². The maximum Gasteiger partial charge on any atom is 0.257 e. The summed E-state index contributed by atoms with van der Waals surface area (Å²) in [7, 11) is 3.80. The number of hydrogen-bond acceptors (Lipinski definition) is 8. The first-order chi connectivity index (χ1) is 19.8. The van der Waals surface area contributed by atoms with E-state index in [-0.39, 0.29) is 17.9 Å². The number of nitrogens with one attached hydrogen (secondary N) is 1. The predicted octanol–water partition coefficient (Wildman–Crippen LogP) is 3.35. The molecule has 41 heavy (non-hydrogen) atoms. The summed E-state index contributed by atoms with van der Waals surface area (Å²) < 4.78 is 5.75. The highest BCUT2D eigenvalue weighted by Crippen LogP contribution is 2.34. The second-order valence-corrected chi connectivity index (χ2v) is 10.3. The number of piperazine rings is 1. The molecule has 1 aliphatic heterocycles. The highest BCUT2D eigenvalue weighted by Gasteiger charge is 2.32. The van der Waals surface area contributed by atoms with Crippen molar-refractivity contribution in [2.24, 2.45) is 5.73 Å². The van der Waals surface area contributed by atoms with Gasteiger partial charge in [-0.25, -0.2) is 9.97 Å². The van der Waals surface area contributed by atoms with Crippen molar-refractivity contribution in [3.8, 4) is 17.0 Å². The monoisotopic (exact) mass is 559 g/mol. The van der Waals surface area contributed by atoms with Gasteiger partial charge in [0.2, 0.25) is 5.88 Å². The zero-order valence-electron chi connectivity index (χ0n) is 24.7. The Morgan fingerprint density at radius 2 is 1.93 bits per heavy atom. The third-order valence-corrected chi connectivity index (χ3v) is 7.25. The average Bonchev–Trinajstić information content (AvgIpc) is 2.99. The van der Waals surface area contributed by atoms with E-state index in [0.717, 1.165) is 28.9 Å². The molecule has 1 atom stereocenters. The van der Waals surface area contributed by atoms with E-state index in [9.17, 15) is 9.59 Å². The molecular formula is C31H41N7O3. The quantitative estimate of drug-likeness (QED) is 0.389. The van der Waals surface area contributed by atoms with E-state index in [1.54, 1.807) is 6.20 Å². The number of anilines is 2. The molecule has 4 rings (SSSR count). The van der Waals surface area contributed by atoms with Gasteiger partial charge >= 0.3 is 0 Å². The summed E-state index contributed by atoms with van der Waals surface area (Å²) in [5.41, 5.74) is 10.2. The molecule has 0 bridgehead atoms. The predicted molar refractivity (Wildman–Crippen MR) is 163 cm³/mol. The van der Waals surface area contributed by atoms with Crippen molar-refractivity contribution in [3.63, 3.8) is 0 Å². The fourth-order valence-electron chi connectivity index (χ4n) is 5.21. The van der Waals surface area contributed by atoms with Crippen molar-refractivity contribution in [1.29, 1.82) is 0 Å². The van der Waals surface area contributed by atoms with Gasteiger partial charge in [-0.1, -0.05) is 13.0 Å². The van der Waals surface area contributed by atoms with Gasteiger partial charge in [0.05, 0.1) is 17.7 Å². The first-order valence-electron chi connectivity index (χ1n) is 14.2. The Balaban J connectivity index is 1.66. The van der Waals surface area contributed by atoms with Crippen LogP contribution in [0.3, 0.4) is 0 Å². The Kier molecular flexibility index (Phi) is 9.78. The zero-order chi connectivity index (χ0) is 29.5. The molecule has 1 aromatic carbocycles. The number of amides is 2. The summed E-state index contributed by atoms with van der Waals surface area (Å²) in [6.07, 6.45) is 2.50. The Morgan fingerprint density at radius 1 is 1.12 bits per heavy atom. The number of hydrogen-bond donors (Lipinski definition) is 2. The lowest BCUT2D eigenvalue weighted by atomic mass is 9.99. The molecule has 0 radical (unpaired) electrons. The topological polar surface area (TPSA) is 117 Å². The molecular weight excluding hydrogens is 518 g/mol. The van der Waals surface area contributed by atoms with Crippen LogP contribution in [0, 0.1) is 6.92 Å². The summed E-state index contributed by atoms with van der Waals surface area (Å²) >= 11 is 0. The molecule has 3 aromatic rings. The maximum absolute atomic E-state index is 13.7. The van der Waals surface area contributed by atoms with Crippen LogP contribution >= 0.6 is 0 Å². The minimum Gasteiger partial charge on any atom is -0.478 e. The molecule has 3 N–H and O–H groups in total. The molecule has 10 nitrogen and oxygen atoms in total. The molecule has 2 aromatic heterocycles. The number of nitrogens with two attached hydrogens (primary N) is 1. The Labute approximate surface area is 242 Å². The summed E-state index contributed by atoms with van der Waals surface area (Å²) in [4.78, 5) is 42.1. The van der Waals surface area contributed by atoms with Crippen molar-refractivity contribution >= 4 is 23.3 Å². The lowest BCUT2D eigenvalue weighted by Crippen LogP contribution is -2.55. The third-order valence-electron chi connectivity index (χ3n) is 7.25. The number of aryl methyl sites for hydroxylation is 1. The number of pyridine rings is 2. The zero-order valence-corrected chi connectivity index (χ0v) is 24.7. The van der Waals surface area contributed by atoms with Crippen LogP contribution in [0.5, 0.6) is 5.88 Å². The Hall–Kier alpha value is -4.18. The first-order valence-corrected chi connectivity index (χ1v) is 14.2. The molecule has 0 aliphatic carbocycles. The van der Waals surface area contributed by atoms with Crippen LogP contribution in [-0.2, 0) is 0 Å². The van der Waals surface area contributed by atoms with Crippen LogP contribution in [-0.4, -0.2) is 86.2 Å². The second-order valence-electron chi connectivity index (χ2n) is 10.3. The summed E-state index contributed by atoms with van der Waals surface area (Å²) in [6, 6.07) is 13.4. The number of carbonyl (C=O) groups is 2. The number of ether oxygens (including phenoxy) is 1. The van der Waals surface area contributed by atoms with Crippen molar-refractivity contribution in [3.05, 3.63) is 65.5 Å². The van der Waals surface area contributed by atoms with E-state index in [4.69, 9.17) is 10.5 Å². The Morgan fingerprint density at radius 3 is 2.63 bits per heavy atom. The van der Waals surface area contributed by atoms with E-state index in [0.29, 0.717) is 62.2 Å². The van der Waals surface area contributed by atoms with E-state index in [1.807, 2.05) is 80.2 Å². The highest BCUT2D eigenvalue weighted by molar-refractivity contribution is 6.02. The van der Waals surface area contributed by atoms with Gasteiger partial charge in [-0.2, -0.15) is 0 Å². The number of benzene rings is 1. The van der Waals surface area contributed by atoms with Crippen LogP contribution in [0.25, 0.3) is 11.1 Å². The highest BCUT2D eigenvalue weighted by atomic mass is 16.5. The molecule has 0 unspecified atom stereocenters. The number of nitrogens with zero attached hydrogens (tertiary/aromatic N) is 5. The van der Waals surface area contributed by atoms with Gasteiger partial charge < -0.3 is 30.5 Å². The summed E-state index contributed by atoms with van der Waals surface area (Å²) in [6.45, 7) is 8.81. The van der Waals surface area contributed by atoms with Gasteiger partial charge in [0.15, 0.2) is 0 Å². The number of rotatable bonds is 10. The minimum absolute atomic E-state index is 0.0261. The SMILES string of the molecule is CCOc1ncccc1-c1ccc(N2CCN(C(=O)c3ccc(C)nc3N(C)C)C[C@H]2CC)c(C(=O)NCCN)c1. The van der Waals surface area contributed by atoms with Gasteiger partial charge in [0, 0.05) is 76.0 Å². The van der Waals surface area contributed by atoms with E-state index >= 15 is 0 Å². The van der Waals surface area contributed by atoms with Gasteiger partial charge in [0.1, 0.15) is 5.82 Å². The summed E-state index contributed by atoms with van der Waals surface area (Å²) in [5.74, 6) is 0.971. The Bertz CT molecular complexity index is 1380. The lowest BCUT2D eigenvalue weighted by Gasteiger charge is -2.43. The molecule has 0 saturated carbocycles. The molecule has 0 spiro atoms. The van der Waals surface area contributed by atoms with Crippen LogP contribution in [0.4, 0.5) is 11.5 Å². The number of aromatic nitrogens is 2. The molecule has 218 valence electrons. The summed E-state index contributed by atoms with van der Waals surface area (Å²) in [5, 5.41) is 2.94. The minimum atomic E-state index is -0.191. The molecule has 1 fully saturated rings. The van der Waals surface area contributed by atoms with Crippen LogP contribution in [0.15, 0.2) is 48.7 Å². The average molecular weight is 560 g/mol. The second kappa shape index (κ2) is 13.5. The van der Waals surface area contributed by atoms with Crippen LogP contribution in [0.2, 0.25) is 0 Å². The third kappa shape index (κ3) is 6.59. The standard InChI is InChI=1S/C31H41N7O3/c1-6-23-20-37(31(40)25-12-10-21(3)35-28(25)36(4)5)17-18-38(23)27-13-11-22(19-26(27)29(39)33-16-14-32)24-9-8-15-34-30(24)41-7-2/h8-13,15,19,23H,6-7,14,16-18,20,32H2,1-5H3,(H,33,39)/t23-/m1/s1. The molecule has 2 amide bonds. The maximum atomic E-state index is 13.7. The first kappa shape index (κ1) is 29.8. The molecule has 1 saturated heterocycles. The molecule has 3 heterocycles. The molecule has 1 aliphatic rings. The van der Waals surface area contributed by atoms with E-state index in [2.05, 4.69) is 27.1 Å². The van der Waals surface area contributed by atoms with Crippen molar-refractivity contribution < 1.29 is 14.3 Å². The van der Waals surface area contributed by atoms with Gasteiger partial charge in [0.25, 0.3) is 11.8 Å². The molecule has 10 heteroatoms. The van der Waals surface area contributed by atoms with Crippen molar-refractivity contribution in [2.75, 3.05) is 63.2 Å².